The molecule has 13 heavy (non-hydrogen) atoms. The highest BCUT2D eigenvalue weighted by Gasteiger charge is 2.16. The van der Waals surface area contributed by atoms with Gasteiger partial charge in [0.2, 0.25) is 0 Å². The number of nitrogens with zero attached hydrogens (tertiary/aromatic N) is 4. The van der Waals surface area contributed by atoms with Crippen molar-refractivity contribution in [2.75, 3.05) is 7.11 Å². The summed E-state index contributed by atoms with van der Waals surface area (Å²) in [5, 5.41) is 8.01. The number of hydrogen-bond acceptors (Lipinski definition) is 3. The van der Waals surface area contributed by atoms with Crippen molar-refractivity contribution in [1.29, 1.82) is 0 Å². The first-order chi connectivity index (χ1) is 6.31. The van der Waals surface area contributed by atoms with Crippen LogP contribution in [0.4, 0.5) is 0 Å². The molecule has 5 nitrogen and oxygen atoms in total. The lowest BCUT2D eigenvalue weighted by molar-refractivity contribution is 0.405. The second kappa shape index (κ2) is 2.93. The minimum atomic E-state index is 0.489. The third-order valence-corrected chi connectivity index (χ3v) is 1.71. The fraction of sp³-hybridized carbons (Fsp3) is 0.250. The Hall–Kier alpha value is -1.78. The second-order valence-electron chi connectivity index (χ2n) is 2.64. The fourth-order valence-corrected chi connectivity index (χ4v) is 1.09. The number of aryl methyl sites for hydroxylation is 1. The van der Waals surface area contributed by atoms with Gasteiger partial charge in [-0.2, -0.15) is 10.5 Å². The Morgan fingerprint density at radius 1 is 1.46 bits per heavy atom. The standard InChI is InChI=1S/C8H9N4O/c1-6-3-4-12(11-6)7-5-9-10-8(7)13-2/h3-5H,1-2H3. The monoisotopic (exact) mass is 177 g/mol. The zero-order valence-corrected chi connectivity index (χ0v) is 7.43. The zero-order chi connectivity index (χ0) is 9.26. The van der Waals surface area contributed by atoms with Gasteiger partial charge in [0, 0.05) is 6.20 Å². The Balaban J connectivity index is 2.32. The first-order valence-electron chi connectivity index (χ1n) is 3.86. The zero-order valence-electron chi connectivity index (χ0n) is 7.43. The highest BCUT2D eigenvalue weighted by atomic mass is 16.5. The molecule has 1 aliphatic rings. The lowest BCUT2D eigenvalue weighted by Gasteiger charge is -2.02. The van der Waals surface area contributed by atoms with E-state index in [2.05, 4.69) is 15.6 Å². The van der Waals surface area contributed by atoms with E-state index in [1.165, 1.54) is 0 Å². The van der Waals surface area contributed by atoms with Crippen molar-refractivity contribution in [2.45, 2.75) is 6.92 Å². The Bertz CT molecular complexity index is 377. The van der Waals surface area contributed by atoms with Crippen LogP contribution in [0.5, 0.6) is 0 Å². The summed E-state index contributed by atoms with van der Waals surface area (Å²) in [4.78, 5) is 0. The van der Waals surface area contributed by atoms with Gasteiger partial charge in [-0.25, -0.2) is 4.68 Å². The van der Waals surface area contributed by atoms with Crippen molar-refractivity contribution < 1.29 is 4.74 Å². The Morgan fingerprint density at radius 2 is 2.31 bits per heavy atom. The lowest BCUT2D eigenvalue weighted by atomic mass is 10.5. The third kappa shape index (κ3) is 1.28. The van der Waals surface area contributed by atoms with Crippen molar-refractivity contribution >= 4 is 11.6 Å². The van der Waals surface area contributed by atoms with Gasteiger partial charge in [0.05, 0.1) is 19.0 Å². The molecular formula is C8H9N4O. The number of rotatable bonds is 1. The van der Waals surface area contributed by atoms with Crippen LogP contribution in [0.25, 0.3) is 5.70 Å². The molecule has 2 rings (SSSR count). The average molecular weight is 177 g/mol. The van der Waals surface area contributed by atoms with Crippen LogP contribution in [0.2, 0.25) is 0 Å². The van der Waals surface area contributed by atoms with Crippen LogP contribution in [0, 0.1) is 6.92 Å². The summed E-state index contributed by atoms with van der Waals surface area (Å²) < 4.78 is 6.70. The molecule has 1 aliphatic heterocycles. The van der Waals surface area contributed by atoms with Crippen LogP contribution in [-0.2, 0) is 4.74 Å². The van der Waals surface area contributed by atoms with E-state index in [-0.39, 0.29) is 0 Å². The molecule has 1 aromatic heterocycles. The summed E-state index contributed by atoms with van der Waals surface area (Å²) in [6.07, 6.45) is 3.46. The summed E-state index contributed by atoms with van der Waals surface area (Å²) >= 11 is 0. The molecule has 0 aromatic carbocycles. The van der Waals surface area contributed by atoms with Crippen LogP contribution < -0.4 is 5.43 Å². The average Bonchev–Trinajstić information content (AvgIpc) is 2.71. The normalized spacial score (nSPS) is 14.9. The summed E-state index contributed by atoms with van der Waals surface area (Å²) in [5.74, 6) is 0.489. The minimum Gasteiger partial charge on any atom is -0.478 e. The van der Waals surface area contributed by atoms with Crippen molar-refractivity contribution in [3.8, 4) is 0 Å². The first-order valence-corrected chi connectivity index (χ1v) is 3.86. The summed E-state index contributed by atoms with van der Waals surface area (Å²) in [7, 11) is 1.56. The van der Waals surface area contributed by atoms with Crippen molar-refractivity contribution in [3.63, 3.8) is 0 Å². The first kappa shape index (κ1) is 7.85. The molecule has 0 spiro atoms. The van der Waals surface area contributed by atoms with Gasteiger partial charge in [-0.05, 0) is 13.0 Å². The van der Waals surface area contributed by atoms with Gasteiger partial charge in [0.25, 0.3) is 5.90 Å². The maximum Gasteiger partial charge on any atom is 0.261 e. The summed E-state index contributed by atoms with van der Waals surface area (Å²) in [6.45, 7) is 1.92. The Kier molecular flexibility index (Phi) is 1.77. The fourth-order valence-electron chi connectivity index (χ4n) is 1.09. The van der Waals surface area contributed by atoms with Gasteiger partial charge in [-0.15, -0.1) is 5.10 Å². The molecule has 0 amide bonds. The number of hydrogen-bond donors (Lipinski definition) is 0. The molecule has 0 saturated heterocycles. The quantitative estimate of drug-likeness (QED) is 0.629. The Labute approximate surface area is 75.7 Å². The molecule has 1 radical (unpaired) electrons. The van der Waals surface area contributed by atoms with E-state index in [9.17, 15) is 0 Å². The maximum atomic E-state index is 5.01. The number of aromatic nitrogens is 2. The minimum absolute atomic E-state index is 0.489. The van der Waals surface area contributed by atoms with E-state index in [0.717, 1.165) is 11.4 Å². The van der Waals surface area contributed by atoms with Gasteiger partial charge < -0.3 is 4.74 Å². The molecule has 1 aromatic rings. The van der Waals surface area contributed by atoms with Crippen LogP contribution in [0.3, 0.4) is 0 Å². The molecule has 0 saturated carbocycles. The molecule has 0 N–H and O–H groups in total. The highest BCUT2D eigenvalue weighted by molar-refractivity contribution is 6.14. The predicted octanol–water partition coefficient (Wildman–Crippen LogP) is 0.568. The molecule has 5 heteroatoms. The topological polar surface area (TPSA) is 53.5 Å². The molecule has 0 atom stereocenters. The predicted molar refractivity (Wildman–Crippen MR) is 47.8 cm³/mol. The van der Waals surface area contributed by atoms with E-state index in [1.54, 1.807) is 18.0 Å². The molecule has 0 unspecified atom stereocenters. The van der Waals surface area contributed by atoms with Crippen molar-refractivity contribution in [3.05, 3.63) is 24.2 Å². The second-order valence-corrected chi connectivity index (χ2v) is 2.64. The molecule has 0 fully saturated rings. The van der Waals surface area contributed by atoms with Gasteiger partial charge in [0.15, 0.2) is 0 Å². The smallest absolute Gasteiger partial charge is 0.261 e. The maximum absolute atomic E-state index is 5.01. The molecule has 0 bridgehead atoms. The summed E-state index contributed by atoms with van der Waals surface area (Å²) in [5.41, 5.74) is 5.45. The largest absolute Gasteiger partial charge is 0.478 e. The number of ether oxygens (including phenoxy) is 1. The molecule has 67 valence electrons. The molecule has 2 heterocycles. The van der Waals surface area contributed by atoms with Crippen LogP contribution >= 0.6 is 0 Å². The van der Waals surface area contributed by atoms with Crippen molar-refractivity contribution in [1.82, 2.24) is 15.2 Å². The highest BCUT2D eigenvalue weighted by Crippen LogP contribution is 2.11. The van der Waals surface area contributed by atoms with Gasteiger partial charge >= 0.3 is 0 Å². The lowest BCUT2D eigenvalue weighted by Crippen LogP contribution is -2.08. The van der Waals surface area contributed by atoms with Crippen LogP contribution in [0.15, 0.2) is 23.6 Å². The number of methoxy groups -OCH3 is 1. The van der Waals surface area contributed by atoms with Crippen LogP contribution in [-0.4, -0.2) is 22.8 Å². The van der Waals surface area contributed by atoms with Crippen molar-refractivity contribution in [2.24, 2.45) is 5.10 Å². The molecular weight excluding hydrogens is 168 g/mol. The SMILES string of the molecule is COC1=N[N]C=C1n1ccc(C)n1. The van der Waals surface area contributed by atoms with E-state index < -0.39 is 0 Å². The van der Waals surface area contributed by atoms with Crippen LogP contribution in [0.1, 0.15) is 5.69 Å². The van der Waals surface area contributed by atoms with E-state index in [4.69, 9.17) is 4.74 Å². The van der Waals surface area contributed by atoms with Gasteiger partial charge in [-0.1, -0.05) is 0 Å². The van der Waals surface area contributed by atoms with Gasteiger partial charge in [-0.3, -0.25) is 0 Å². The Morgan fingerprint density at radius 3 is 2.92 bits per heavy atom. The third-order valence-electron chi connectivity index (χ3n) is 1.71. The summed E-state index contributed by atoms with van der Waals surface area (Å²) in [6, 6.07) is 1.91. The van der Waals surface area contributed by atoms with E-state index in [1.807, 2.05) is 19.2 Å². The van der Waals surface area contributed by atoms with Gasteiger partial charge in [0.1, 0.15) is 5.70 Å². The molecule has 0 aliphatic carbocycles. The van der Waals surface area contributed by atoms with E-state index in [0.29, 0.717) is 5.90 Å². The van der Waals surface area contributed by atoms with E-state index >= 15 is 0 Å².